The van der Waals surface area contributed by atoms with Crippen molar-refractivity contribution in [2.75, 3.05) is 51.3 Å². The van der Waals surface area contributed by atoms with Crippen LogP contribution < -0.4 is 9.64 Å². The van der Waals surface area contributed by atoms with E-state index >= 15 is 0 Å². The van der Waals surface area contributed by atoms with Gasteiger partial charge in [-0.1, -0.05) is 18.2 Å². The Hall–Kier alpha value is -2.67. The van der Waals surface area contributed by atoms with Gasteiger partial charge in [-0.15, -0.1) is 10.2 Å². The molecule has 0 spiro atoms. The van der Waals surface area contributed by atoms with Gasteiger partial charge in [-0.25, -0.2) is 4.79 Å². The summed E-state index contributed by atoms with van der Waals surface area (Å²) >= 11 is 0. The lowest BCUT2D eigenvalue weighted by Crippen LogP contribution is -2.47. The van der Waals surface area contributed by atoms with Gasteiger partial charge in [-0.05, 0) is 24.3 Å². The minimum atomic E-state index is -0.470. The van der Waals surface area contributed by atoms with Gasteiger partial charge in [0.05, 0.1) is 7.11 Å². The average Bonchev–Trinajstić information content (AvgIpc) is 2.69. The predicted octanol–water partition coefficient (Wildman–Crippen LogP) is 1.46. The second kappa shape index (κ2) is 8.43. The van der Waals surface area contributed by atoms with Crippen LogP contribution in [0.15, 0.2) is 42.5 Å². The summed E-state index contributed by atoms with van der Waals surface area (Å²) in [5.74, 6) is 1.22. The van der Waals surface area contributed by atoms with E-state index in [9.17, 15) is 4.79 Å². The number of hydrogen-bond donors (Lipinski definition) is 0. The maximum atomic E-state index is 11.4. The Morgan fingerprint density at radius 3 is 2.44 bits per heavy atom. The molecule has 0 saturated carbocycles. The van der Waals surface area contributed by atoms with Crippen LogP contribution in [0.5, 0.6) is 5.75 Å². The standard InChI is InChI=1S/C18H22N4O3/c1-24-18(23)16-7-8-17(20-19-16)22-11-9-21(10-12-22)13-14-25-15-5-3-2-4-6-15/h2-8H,9-14H2,1H3. The van der Waals surface area contributed by atoms with Crippen molar-refractivity contribution in [1.29, 1.82) is 0 Å². The summed E-state index contributed by atoms with van der Waals surface area (Å²) in [7, 11) is 1.33. The van der Waals surface area contributed by atoms with E-state index in [0.717, 1.165) is 44.3 Å². The molecule has 0 radical (unpaired) electrons. The number of carbonyl (C=O) groups is 1. The second-order valence-corrected chi connectivity index (χ2v) is 5.76. The molecule has 0 bridgehead atoms. The summed E-state index contributed by atoms with van der Waals surface area (Å²) < 4.78 is 10.4. The summed E-state index contributed by atoms with van der Waals surface area (Å²) in [6, 6.07) is 13.3. The second-order valence-electron chi connectivity index (χ2n) is 5.76. The summed E-state index contributed by atoms with van der Waals surface area (Å²) in [6.07, 6.45) is 0. The van der Waals surface area contributed by atoms with Gasteiger partial charge in [-0.2, -0.15) is 0 Å². The van der Waals surface area contributed by atoms with E-state index in [-0.39, 0.29) is 5.69 Å². The number of aromatic nitrogens is 2. The lowest BCUT2D eigenvalue weighted by Gasteiger charge is -2.35. The number of carbonyl (C=O) groups excluding carboxylic acids is 1. The zero-order valence-electron chi connectivity index (χ0n) is 14.3. The van der Waals surface area contributed by atoms with Crippen molar-refractivity contribution in [3.05, 3.63) is 48.2 Å². The largest absolute Gasteiger partial charge is 0.492 e. The van der Waals surface area contributed by atoms with E-state index in [1.54, 1.807) is 6.07 Å². The Kier molecular flexibility index (Phi) is 5.79. The molecule has 1 fully saturated rings. The molecule has 25 heavy (non-hydrogen) atoms. The molecule has 3 rings (SSSR count). The van der Waals surface area contributed by atoms with Crippen molar-refractivity contribution in [1.82, 2.24) is 15.1 Å². The quantitative estimate of drug-likeness (QED) is 0.736. The first-order valence-electron chi connectivity index (χ1n) is 8.33. The molecular formula is C18H22N4O3. The normalized spacial score (nSPS) is 15.0. The minimum Gasteiger partial charge on any atom is -0.492 e. The van der Waals surface area contributed by atoms with E-state index in [4.69, 9.17) is 4.74 Å². The molecule has 1 aromatic carbocycles. The van der Waals surface area contributed by atoms with Crippen LogP contribution in [0.4, 0.5) is 5.82 Å². The number of esters is 1. The van der Waals surface area contributed by atoms with Crippen molar-refractivity contribution < 1.29 is 14.3 Å². The summed E-state index contributed by atoms with van der Waals surface area (Å²) in [4.78, 5) is 15.9. The highest BCUT2D eigenvalue weighted by atomic mass is 16.5. The van der Waals surface area contributed by atoms with Gasteiger partial charge in [0.25, 0.3) is 0 Å². The number of anilines is 1. The van der Waals surface area contributed by atoms with Gasteiger partial charge in [0.2, 0.25) is 0 Å². The molecule has 0 N–H and O–H groups in total. The van der Waals surface area contributed by atoms with Crippen LogP contribution in [0, 0.1) is 0 Å². The van der Waals surface area contributed by atoms with Crippen molar-refractivity contribution in [3.63, 3.8) is 0 Å². The number of ether oxygens (including phenoxy) is 2. The van der Waals surface area contributed by atoms with Crippen molar-refractivity contribution >= 4 is 11.8 Å². The molecule has 0 atom stereocenters. The lowest BCUT2D eigenvalue weighted by molar-refractivity contribution is 0.0592. The molecule has 0 aliphatic carbocycles. The van der Waals surface area contributed by atoms with Crippen LogP contribution in [0.25, 0.3) is 0 Å². The molecule has 2 aromatic rings. The maximum Gasteiger partial charge on any atom is 0.358 e. The fourth-order valence-electron chi connectivity index (χ4n) is 2.72. The van der Waals surface area contributed by atoms with Crippen LogP contribution in [0.3, 0.4) is 0 Å². The molecule has 132 valence electrons. The highest BCUT2D eigenvalue weighted by Crippen LogP contribution is 2.13. The van der Waals surface area contributed by atoms with Crippen molar-refractivity contribution in [2.24, 2.45) is 0 Å². The zero-order valence-corrected chi connectivity index (χ0v) is 14.3. The zero-order chi connectivity index (χ0) is 17.5. The minimum absolute atomic E-state index is 0.225. The summed E-state index contributed by atoms with van der Waals surface area (Å²) in [6.45, 7) is 5.21. The topological polar surface area (TPSA) is 67.8 Å². The molecule has 7 heteroatoms. The van der Waals surface area contributed by atoms with E-state index in [2.05, 4.69) is 24.7 Å². The first-order chi connectivity index (χ1) is 12.3. The number of benzene rings is 1. The Morgan fingerprint density at radius 2 is 1.80 bits per heavy atom. The lowest BCUT2D eigenvalue weighted by atomic mass is 10.3. The summed E-state index contributed by atoms with van der Waals surface area (Å²) in [5.41, 5.74) is 0.225. The first kappa shape index (κ1) is 17.2. The van der Waals surface area contributed by atoms with Gasteiger partial charge in [0.1, 0.15) is 12.4 Å². The van der Waals surface area contributed by atoms with Gasteiger partial charge in [-0.3, -0.25) is 4.90 Å². The highest BCUT2D eigenvalue weighted by molar-refractivity contribution is 5.86. The molecule has 2 heterocycles. The molecule has 1 aliphatic rings. The molecular weight excluding hydrogens is 320 g/mol. The Balaban J connectivity index is 1.43. The van der Waals surface area contributed by atoms with E-state index in [1.807, 2.05) is 36.4 Å². The number of hydrogen-bond acceptors (Lipinski definition) is 7. The number of para-hydroxylation sites is 1. The van der Waals surface area contributed by atoms with E-state index in [0.29, 0.717) is 6.61 Å². The molecule has 1 aromatic heterocycles. The number of methoxy groups -OCH3 is 1. The molecule has 1 saturated heterocycles. The number of nitrogens with zero attached hydrogens (tertiary/aromatic N) is 4. The monoisotopic (exact) mass is 342 g/mol. The number of piperazine rings is 1. The van der Waals surface area contributed by atoms with Crippen molar-refractivity contribution in [2.45, 2.75) is 0 Å². The van der Waals surface area contributed by atoms with Crippen LogP contribution in [0.1, 0.15) is 10.5 Å². The van der Waals surface area contributed by atoms with Crippen LogP contribution in [0.2, 0.25) is 0 Å². The highest BCUT2D eigenvalue weighted by Gasteiger charge is 2.19. The smallest absolute Gasteiger partial charge is 0.358 e. The van der Waals surface area contributed by atoms with Crippen LogP contribution in [-0.2, 0) is 4.74 Å². The third-order valence-electron chi connectivity index (χ3n) is 4.16. The maximum absolute atomic E-state index is 11.4. The van der Waals surface area contributed by atoms with Gasteiger partial charge < -0.3 is 14.4 Å². The Morgan fingerprint density at radius 1 is 1.04 bits per heavy atom. The Bertz CT molecular complexity index is 670. The van der Waals surface area contributed by atoms with Crippen LogP contribution in [-0.4, -0.2) is 67.5 Å². The van der Waals surface area contributed by atoms with E-state index in [1.165, 1.54) is 7.11 Å². The van der Waals surface area contributed by atoms with Gasteiger partial charge >= 0.3 is 5.97 Å². The molecule has 0 unspecified atom stereocenters. The number of rotatable bonds is 6. The van der Waals surface area contributed by atoms with Crippen LogP contribution >= 0.6 is 0 Å². The SMILES string of the molecule is COC(=O)c1ccc(N2CCN(CCOc3ccccc3)CC2)nn1. The summed E-state index contributed by atoms with van der Waals surface area (Å²) in [5, 5.41) is 8.06. The Labute approximate surface area is 147 Å². The van der Waals surface area contributed by atoms with Gasteiger partial charge in [0, 0.05) is 32.7 Å². The van der Waals surface area contributed by atoms with Gasteiger partial charge in [0.15, 0.2) is 11.5 Å². The first-order valence-corrected chi connectivity index (χ1v) is 8.33. The third kappa shape index (κ3) is 4.67. The third-order valence-corrected chi connectivity index (χ3v) is 4.16. The molecule has 7 nitrogen and oxygen atoms in total. The average molecular weight is 342 g/mol. The fourth-order valence-corrected chi connectivity index (χ4v) is 2.72. The molecule has 1 aliphatic heterocycles. The fraction of sp³-hybridized carbons (Fsp3) is 0.389. The molecule has 0 amide bonds. The van der Waals surface area contributed by atoms with Crippen molar-refractivity contribution in [3.8, 4) is 5.75 Å². The van der Waals surface area contributed by atoms with E-state index < -0.39 is 5.97 Å². The predicted molar refractivity (Wildman–Crippen MR) is 94.0 cm³/mol.